The highest BCUT2D eigenvalue weighted by molar-refractivity contribution is 6.08. The summed E-state index contributed by atoms with van der Waals surface area (Å²) in [5.74, 6) is 1.32. The molecule has 2 amide bonds. The molecule has 1 aliphatic rings. The molecular formula is C33H43N5O5. The molecule has 1 aliphatic heterocycles. The Kier molecular flexibility index (Phi) is 11.1. The topological polar surface area (TPSA) is 95.6 Å². The smallest absolute Gasteiger partial charge is 0.259 e. The lowest BCUT2D eigenvalue weighted by Crippen LogP contribution is -2.47. The number of methoxy groups -OCH3 is 3. The van der Waals surface area contributed by atoms with Crippen molar-refractivity contribution in [3.05, 3.63) is 71.8 Å². The predicted molar refractivity (Wildman–Crippen MR) is 171 cm³/mol. The predicted octanol–water partition coefficient (Wildman–Crippen LogP) is 4.36. The van der Waals surface area contributed by atoms with E-state index in [9.17, 15) is 9.59 Å². The van der Waals surface area contributed by atoms with Gasteiger partial charge >= 0.3 is 0 Å². The van der Waals surface area contributed by atoms with Gasteiger partial charge in [-0.2, -0.15) is 0 Å². The van der Waals surface area contributed by atoms with Crippen LogP contribution in [0.4, 0.5) is 17.1 Å². The van der Waals surface area contributed by atoms with E-state index in [1.54, 1.807) is 38.5 Å². The lowest BCUT2D eigenvalue weighted by atomic mass is 10.1. The van der Waals surface area contributed by atoms with E-state index in [-0.39, 0.29) is 11.8 Å². The summed E-state index contributed by atoms with van der Waals surface area (Å²) in [7, 11) is 4.75. The van der Waals surface area contributed by atoms with E-state index in [1.165, 1.54) is 7.11 Å². The fourth-order valence-electron chi connectivity index (χ4n) is 5.30. The van der Waals surface area contributed by atoms with Gasteiger partial charge in [0.15, 0.2) is 0 Å². The molecule has 0 atom stereocenters. The first-order valence-electron chi connectivity index (χ1n) is 14.7. The average molecular weight is 590 g/mol. The molecule has 4 rings (SSSR count). The Morgan fingerprint density at radius 1 is 0.744 bits per heavy atom. The van der Waals surface area contributed by atoms with Crippen LogP contribution < -0.4 is 34.6 Å². The molecule has 1 fully saturated rings. The Morgan fingerprint density at radius 3 is 2.07 bits per heavy atom. The molecule has 10 nitrogen and oxygen atoms in total. The number of hydrogen-bond donors (Lipinski definition) is 2. The van der Waals surface area contributed by atoms with Gasteiger partial charge in [-0.25, -0.2) is 0 Å². The van der Waals surface area contributed by atoms with Gasteiger partial charge in [0.2, 0.25) is 0 Å². The highest BCUT2D eigenvalue weighted by atomic mass is 16.5. The summed E-state index contributed by atoms with van der Waals surface area (Å²) >= 11 is 0. The number of piperazine rings is 1. The van der Waals surface area contributed by atoms with Crippen LogP contribution in [0.3, 0.4) is 0 Å². The number of amides is 2. The first-order chi connectivity index (χ1) is 20.9. The number of anilines is 3. The third-order valence-electron chi connectivity index (χ3n) is 7.81. The van der Waals surface area contributed by atoms with E-state index < -0.39 is 0 Å². The van der Waals surface area contributed by atoms with Crippen LogP contribution in [0.1, 0.15) is 34.6 Å². The van der Waals surface area contributed by atoms with Gasteiger partial charge in [-0.3, -0.25) is 9.59 Å². The van der Waals surface area contributed by atoms with Crippen molar-refractivity contribution in [2.45, 2.75) is 13.8 Å². The molecule has 10 heteroatoms. The highest BCUT2D eigenvalue weighted by Gasteiger charge is 2.24. The van der Waals surface area contributed by atoms with Gasteiger partial charge in [0.05, 0.1) is 38.1 Å². The van der Waals surface area contributed by atoms with E-state index in [4.69, 9.17) is 14.2 Å². The lowest BCUT2D eigenvalue weighted by Gasteiger charge is -2.38. The Bertz CT molecular complexity index is 1390. The molecule has 0 aliphatic carbocycles. The fraction of sp³-hybridized carbons (Fsp3) is 0.394. The number of hydrogen-bond acceptors (Lipinski definition) is 8. The second-order valence-corrected chi connectivity index (χ2v) is 10.2. The number of carbonyl (C=O) groups excluding carboxylic acids is 2. The van der Waals surface area contributed by atoms with Crippen LogP contribution >= 0.6 is 0 Å². The van der Waals surface area contributed by atoms with Crippen molar-refractivity contribution in [2.24, 2.45) is 0 Å². The van der Waals surface area contributed by atoms with E-state index in [2.05, 4.69) is 45.2 Å². The van der Waals surface area contributed by atoms with Gasteiger partial charge in [-0.05, 0) is 55.6 Å². The summed E-state index contributed by atoms with van der Waals surface area (Å²) < 4.78 is 16.2. The first-order valence-corrected chi connectivity index (χ1v) is 14.7. The van der Waals surface area contributed by atoms with Crippen LogP contribution in [0.5, 0.6) is 17.2 Å². The third-order valence-corrected chi connectivity index (χ3v) is 7.81. The second-order valence-electron chi connectivity index (χ2n) is 10.2. The van der Waals surface area contributed by atoms with E-state index >= 15 is 0 Å². The zero-order chi connectivity index (χ0) is 30.8. The summed E-state index contributed by atoms with van der Waals surface area (Å²) in [5, 5.41) is 6.03. The summed E-state index contributed by atoms with van der Waals surface area (Å²) in [6, 6.07) is 18.6. The number of carbonyl (C=O) groups is 2. The minimum absolute atomic E-state index is 0.174. The zero-order valence-electron chi connectivity index (χ0n) is 25.8. The molecule has 1 heterocycles. The lowest BCUT2D eigenvalue weighted by molar-refractivity contribution is 0.0948. The Morgan fingerprint density at radius 2 is 1.42 bits per heavy atom. The van der Waals surface area contributed by atoms with Gasteiger partial charge in [-0.15, -0.1) is 0 Å². The van der Waals surface area contributed by atoms with E-state index in [0.29, 0.717) is 34.9 Å². The van der Waals surface area contributed by atoms with Crippen molar-refractivity contribution in [3.8, 4) is 17.2 Å². The molecule has 3 aromatic rings. The Hall–Kier alpha value is -4.44. The van der Waals surface area contributed by atoms with Crippen LogP contribution in [0.25, 0.3) is 0 Å². The number of ether oxygens (including phenoxy) is 3. The minimum Gasteiger partial charge on any atom is -0.497 e. The molecule has 43 heavy (non-hydrogen) atoms. The molecule has 230 valence electrons. The van der Waals surface area contributed by atoms with E-state index in [1.807, 2.05) is 30.3 Å². The average Bonchev–Trinajstić information content (AvgIpc) is 3.06. The van der Waals surface area contributed by atoms with Gasteiger partial charge < -0.3 is 39.5 Å². The molecule has 0 spiro atoms. The molecule has 2 N–H and O–H groups in total. The van der Waals surface area contributed by atoms with E-state index in [0.717, 1.165) is 62.9 Å². The standard InChI is InChI=1S/C33H43N5O5/c1-6-36(7-2)17-16-34-32(39)27-22-24(35-33(40)26-14-13-25(41-3)23-31(26)43-5)12-15-28(27)37-18-20-38(21-19-37)29-10-8-9-11-30(29)42-4/h8-15,22-23H,6-7,16-21H2,1-5H3,(H,34,39)(H,35,40). The number of para-hydroxylation sites is 2. The molecule has 0 saturated carbocycles. The van der Waals surface area contributed by atoms with Gasteiger partial charge in [0.25, 0.3) is 11.8 Å². The maximum atomic E-state index is 13.6. The maximum Gasteiger partial charge on any atom is 0.259 e. The normalized spacial score (nSPS) is 13.1. The fourth-order valence-corrected chi connectivity index (χ4v) is 5.30. The van der Waals surface area contributed by atoms with Crippen LogP contribution in [0.15, 0.2) is 60.7 Å². The first kappa shape index (κ1) is 31.5. The molecule has 1 saturated heterocycles. The van der Waals surface area contributed by atoms with Crippen LogP contribution in [0, 0.1) is 0 Å². The Labute approximate surface area is 254 Å². The third kappa shape index (κ3) is 7.70. The maximum absolute atomic E-state index is 13.6. The van der Waals surface area contributed by atoms with Crippen LogP contribution in [0.2, 0.25) is 0 Å². The van der Waals surface area contributed by atoms with Crippen LogP contribution in [-0.2, 0) is 0 Å². The monoisotopic (exact) mass is 589 g/mol. The summed E-state index contributed by atoms with van der Waals surface area (Å²) in [6.07, 6.45) is 0. The molecule has 0 radical (unpaired) electrons. The SMILES string of the molecule is CCN(CC)CCNC(=O)c1cc(NC(=O)c2ccc(OC)cc2OC)ccc1N1CCN(c2ccccc2OC)CC1. The van der Waals surface area contributed by atoms with Crippen molar-refractivity contribution in [3.63, 3.8) is 0 Å². The molecular weight excluding hydrogens is 546 g/mol. The molecule has 0 unspecified atom stereocenters. The van der Waals surface area contributed by atoms with Crippen molar-refractivity contribution >= 4 is 28.9 Å². The number of nitrogens with one attached hydrogen (secondary N) is 2. The quantitative estimate of drug-likeness (QED) is 0.304. The molecule has 0 aromatic heterocycles. The highest BCUT2D eigenvalue weighted by Crippen LogP contribution is 2.31. The van der Waals surface area contributed by atoms with Crippen molar-refractivity contribution in [1.82, 2.24) is 10.2 Å². The summed E-state index contributed by atoms with van der Waals surface area (Å²) in [6.45, 7) is 10.4. The number of likely N-dealkylation sites (N-methyl/N-ethyl adjacent to an activating group) is 1. The van der Waals surface area contributed by atoms with Crippen molar-refractivity contribution in [2.75, 3.05) is 88.8 Å². The number of benzene rings is 3. The zero-order valence-corrected chi connectivity index (χ0v) is 25.8. The number of nitrogens with zero attached hydrogens (tertiary/aromatic N) is 3. The van der Waals surface area contributed by atoms with Crippen LogP contribution in [-0.4, -0.2) is 90.4 Å². The number of rotatable bonds is 13. The summed E-state index contributed by atoms with van der Waals surface area (Å²) in [5.41, 5.74) is 3.30. The summed E-state index contributed by atoms with van der Waals surface area (Å²) in [4.78, 5) is 33.6. The van der Waals surface area contributed by atoms with Crippen molar-refractivity contribution in [1.29, 1.82) is 0 Å². The van der Waals surface area contributed by atoms with Gasteiger partial charge in [0, 0.05) is 56.7 Å². The largest absolute Gasteiger partial charge is 0.497 e. The molecule has 0 bridgehead atoms. The van der Waals surface area contributed by atoms with Gasteiger partial charge in [0.1, 0.15) is 17.2 Å². The molecule has 3 aromatic carbocycles. The van der Waals surface area contributed by atoms with Crippen molar-refractivity contribution < 1.29 is 23.8 Å². The van der Waals surface area contributed by atoms with Gasteiger partial charge in [-0.1, -0.05) is 26.0 Å². The Balaban J connectivity index is 1.55. The minimum atomic E-state index is -0.342. The second kappa shape index (κ2) is 15.2.